The van der Waals surface area contributed by atoms with E-state index in [1.807, 2.05) is 54.6 Å². The lowest BCUT2D eigenvalue weighted by Gasteiger charge is -2.35. The van der Waals surface area contributed by atoms with Gasteiger partial charge in [0.15, 0.2) is 0 Å². The van der Waals surface area contributed by atoms with Crippen molar-refractivity contribution in [3.8, 4) is 0 Å². The predicted octanol–water partition coefficient (Wildman–Crippen LogP) is 3.56. The molecule has 2 heterocycles. The van der Waals surface area contributed by atoms with Crippen LogP contribution in [0.15, 0.2) is 59.6 Å². The highest BCUT2D eigenvalue weighted by atomic mass is 16.6. The second kappa shape index (κ2) is 8.34. The number of hydrogen-bond acceptors (Lipinski definition) is 5. The maximum atomic E-state index is 13.2. The minimum atomic E-state index is -0.286. The third-order valence-electron chi connectivity index (χ3n) is 5.12. The van der Waals surface area contributed by atoms with Crippen LogP contribution in [0.1, 0.15) is 13.3 Å². The summed E-state index contributed by atoms with van der Waals surface area (Å²) in [5, 5.41) is 0. The fourth-order valence-electron chi connectivity index (χ4n) is 3.68. The van der Waals surface area contributed by atoms with Gasteiger partial charge < -0.3 is 14.5 Å². The van der Waals surface area contributed by atoms with Crippen LogP contribution >= 0.6 is 0 Å². The van der Waals surface area contributed by atoms with Gasteiger partial charge in [0.05, 0.1) is 24.4 Å². The molecule has 0 spiro atoms. The van der Waals surface area contributed by atoms with Gasteiger partial charge in [0, 0.05) is 31.9 Å². The lowest BCUT2D eigenvalue weighted by molar-refractivity contribution is -0.116. The first kappa shape index (κ1) is 19.0. The van der Waals surface area contributed by atoms with Crippen molar-refractivity contribution in [2.45, 2.75) is 13.3 Å². The molecule has 7 nitrogen and oxygen atoms in total. The zero-order chi connectivity index (χ0) is 20.2. The summed E-state index contributed by atoms with van der Waals surface area (Å²) in [5.74, 6) is 0.720. The predicted molar refractivity (Wildman–Crippen MR) is 112 cm³/mol. The molecule has 0 saturated carbocycles. The van der Waals surface area contributed by atoms with E-state index in [1.165, 1.54) is 0 Å². The Balaban J connectivity index is 1.58. The Morgan fingerprint density at radius 2 is 1.69 bits per heavy atom. The van der Waals surface area contributed by atoms with Crippen molar-refractivity contribution in [2.75, 3.05) is 37.7 Å². The van der Waals surface area contributed by atoms with Gasteiger partial charge in [-0.25, -0.2) is 9.79 Å². The molecule has 2 aliphatic rings. The number of piperazine rings is 1. The number of rotatable bonds is 2. The number of hydrogen-bond donors (Lipinski definition) is 0. The molecule has 0 aromatic heterocycles. The number of benzene rings is 2. The van der Waals surface area contributed by atoms with Crippen molar-refractivity contribution in [3.05, 3.63) is 54.6 Å². The second-order valence-corrected chi connectivity index (χ2v) is 6.93. The van der Waals surface area contributed by atoms with Crippen molar-refractivity contribution in [1.82, 2.24) is 9.80 Å². The van der Waals surface area contributed by atoms with Crippen molar-refractivity contribution in [1.29, 1.82) is 0 Å². The molecule has 0 bridgehead atoms. The Morgan fingerprint density at radius 1 is 1.00 bits per heavy atom. The Hall–Kier alpha value is -3.35. The summed E-state index contributed by atoms with van der Waals surface area (Å²) in [6.07, 6.45) is -0.0742. The van der Waals surface area contributed by atoms with Crippen molar-refractivity contribution in [3.63, 3.8) is 0 Å². The summed E-state index contributed by atoms with van der Waals surface area (Å²) in [6.45, 7) is 4.52. The van der Waals surface area contributed by atoms with Crippen LogP contribution in [-0.4, -0.2) is 60.4 Å². The van der Waals surface area contributed by atoms with Gasteiger partial charge in [-0.3, -0.25) is 9.69 Å². The van der Waals surface area contributed by atoms with Crippen LogP contribution in [0, 0.1) is 0 Å². The smallest absolute Gasteiger partial charge is 0.409 e. The van der Waals surface area contributed by atoms with Gasteiger partial charge >= 0.3 is 6.09 Å². The largest absolute Gasteiger partial charge is 0.450 e. The van der Waals surface area contributed by atoms with Gasteiger partial charge in [0.25, 0.3) is 0 Å². The van der Waals surface area contributed by atoms with Crippen LogP contribution in [0.2, 0.25) is 0 Å². The van der Waals surface area contributed by atoms with Gasteiger partial charge in [-0.2, -0.15) is 0 Å². The zero-order valence-corrected chi connectivity index (χ0v) is 16.5. The van der Waals surface area contributed by atoms with Crippen molar-refractivity contribution in [2.24, 2.45) is 4.99 Å². The molecule has 0 radical (unpaired) electrons. The van der Waals surface area contributed by atoms with Crippen molar-refractivity contribution < 1.29 is 14.3 Å². The molecule has 1 saturated heterocycles. The minimum Gasteiger partial charge on any atom is -0.450 e. The molecular formula is C22H24N4O3. The SMILES string of the molecule is CCOC(=O)N1CCN(C2=Nc3ccccc3N(c3ccccc3)C(=O)C2)CC1. The van der Waals surface area contributed by atoms with E-state index in [9.17, 15) is 9.59 Å². The summed E-state index contributed by atoms with van der Waals surface area (Å²) < 4.78 is 5.09. The molecule has 0 aliphatic carbocycles. The lowest BCUT2D eigenvalue weighted by atomic mass is 10.2. The number of amides is 2. The van der Waals surface area contributed by atoms with Crippen LogP contribution in [0.5, 0.6) is 0 Å². The summed E-state index contributed by atoms with van der Waals surface area (Å²) >= 11 is 0. The first-order valence-electron chi connectivity index (χ1n) is 9.88. The summed E-state index contributed by atoms with van der Waals surface area (Å²) in [7, 11) is 0. The summed E-state index contributed by atoms with van der Waals surface area (Å²) in [4.78, 5) is 35.5. The van der Waals surface area contributed by atoms with Crippen LogP contribution in [0.25, 0.3) is 0 Å². The van der Waals surface area contributed by atoms with E-state index in [2.05, 4.69) is 4.90 Å². The van der Waals surface area contributed by atoms with E-state index < -0.39 is 0 Å². The quantitative estimate of drug-likeness (QED) is 0.784. The number of ether oxygens (including phenoxy) is 1. The second-order valence-electron chi connectivity index (χ2n) is 6.93. The first-order valence-corrected chi connectivity index (χ1v) is 9.88. The molecule has 2 aliphatic heterocycles. The third-order valence-corrected chi connectivity index (χ3v) is 5.12. The normalized spacial score (nSPS) is 16.8. The van der Waals surface area contributed by atoms with E-state index in [1.54, 1.807) is 16.7 Å². The highest BCUT2D eigenvalue weighted by Crippen LogP contribution is 2.37. The van der Waals surface area contributed by atoms with Gasteiger partial charge in [-0.15, -0.1) is 0 Å². The van der Waals surface area contributed by atoms with Crippen LogP contribution in [-0.2, 0) is 9.53 Å². The van der Waals surface area contributed by atoms with Crippen LogP contribution in [0.3, 0.4) is 0 Å². The van der Waals surface area contributed by atoms with Gasteiger partial charge in [-0.1, -0.05) is 30.3 Å². The lowest BCUT2D eigenvalue weighted by Crippen LogP contribution is -2.51. The standard InChI is InChI=1S/C22H24N4O3/c1-2-29-22(28)25-14-12-24(13-15-25)20-16-21(27)26(17-8-4-3-5-9-17)19-11-7-6-10-18(19)23-20/h3-11H,2,12-16H2,1H3. The molecular weight excluding hydrogens is 368 g/mol. The van der Waals surface area contributed by atoms with E-state index in [-0.39, 0.29) is 18.4 Å². The molecule has 150 valence electrons. The molecule has 0 atom stereocenters. The average Bonchev–Trinajstić information content (AvgIpc) is 2.90. The molecule has 2 amide bonds. The number of aliphatic imine (C=N–C) groups is 1. The van der Waals surface area contributed by atoms with E-state index in [0.717, 1.165) is 22.9 Å². The molecule has 2 aromatic carbocycles. The Labute approximate surface area is 170 Å². The number of anilines is 2. The number of amidine groups is 1. The zero-order valence-electron chi connectivity index (χ0n) is 16.5. The molecule has 4 rings (SSSR count). The number of carbonyl (C=O) groups excluding carboxylic acids is 2. The van der Waals surface area contributed by atoms with Crippen LogP contribution in [0.4, 0.5) is 21.9 Å². The highest BCUT2D eigenvalue weighted by Gasteiger charge is 2.30. The number of nitrogens with zero attached hydrogens (tertiary/aromatic N) is 4. The summed E-state index contributed by atoms with van der Waals surface area (Å²) in [5.41, 5.74) is 2.38. The number of para-hydroxylation sites is 3. The van der Waals surface area contributed by atoms with E-state index in [4.69, 9.17) is 9.73 Å². The number of fused-ring (bicyclic) bond motifs is 1. The fourth-order valence-corrected chi connectivity index (χ4v) is 3.68. The molecule has 29 heavy (non-hydrogen) atoms. The topological polar surface area (TPSA) is 65.5 Å². The van der Waals surface area contributed by atoms with Crippen LogP contribution < -0.4 is 4.90 Å². The van der Waals surface area contributed by atoms with E-state index in [0.29, 0.717) is 32.8 Å². The monoisotopic (exact) mass is 392 g/mol. The first-order chi connectivity index (χ1) is 14.2. The van der Waals surface area contributed by atoms with E-state index >= 15 is 0 Å². The third kappa shape index (κ3) is 3.94. The minimum absolute atomic E-state index is 0.0206. The molecule has 0 N–H and O–H groups in total. The summed E-state index contributed by atoms with van der Waals surface area (Å²) in [6, 6.07) is 17.3. The van der Waals surface area contributed by atoms with Crippen molar-refractivity contribution >= 4 is 34.9 Å². The molecule has 7 heteroatoms. The maximum Gasteiger partial charge on any atom is 0.409 e. The Bertz CT molecular complexity index is 921. The molecule has 1 fully saturated rings. The maximum absolute atomic E-state index is 13.2. The molecule has 0 unspecified atom stereocenters. The number of carbonyl (C=O) groups is 2. The average molecular weight is 392 g/mol. The highest BCUT2D eigenvalue weighted by molar-refractivity contribution is 6.14. The Kier molecular flexibility index (Phi) is 5.46. The van der Waals surface area contributed by atoms with Gasteiger partial charge in [-0.05, 0) is 31.2 Å². The molecule has 2 aromatic rings. The van der Waals surface area contributed by atoms with Gasteiger partial charge in [0.1, 0.15) is 5.84 Å². The van der Waals surface area contributed by atoms with Gasteiger partial charge in [0.2, 0.25) is 5.91 Å². The fraction of sp³-hybridized carbons (Fsp3) is 0.318. The Morgan fingerprint density at radius 3 is 2.41 bits per heavy atom.